The standard InChI is InChI=1S/C17H25N3O2.ClH/c18-10-6-2-1-3-9-16(21)20-12-14-8-5-4-7-13(14)11-15(20)17(19)22;/h4-5,7-8,15H,1-3,6,9-12,18H2,(H2,19,22);1H. The average molecular weight is 340 g/mol. The molecule has 4 N–H and O–H groups in total. The van der Waals surface area contributed by atoms with Crippen molar-refractivity contribution in [1.82, 2.24) is 4.90 Å². The largest absolute Gasteiger partial charge is 0.368 e. The zero-order chi connectivity index (χ0) is 15.9. The normalized spacial score (nSPS) is 16.4. The van der Waals surface area contributed by atoms with E-state index in [9.17, 15) is 9.59 Å². The number of amides is 2. The highest BCUT2D eigenvalue weighted by molar-refractivity contribution is 5.87. The molecule has 0 fully saturated rings. The fourth-order valence-electron chi connectivity index (χ4n) is 2.96. The Kier molecular flexibility index (Phi) is 8.06. The van der Waals surface area contributed by atoms with Gasteiger partial charge in [0, 0.05) is 19.4 Å². The quantitative estimate of drug-likeness (QED) is 0.742. The smallest absolute Gasteiger partial charge is 0.240 e. The number of unbranched alkanes of at least 4 members (excludes halogenated alkanes) is 3. The molecule has 1 aromatic carbocycles. The molecule has 5 nitrogen and oxygen atoms in total. The summed E-state index contributed by atoms with van der Waals surface area (Å²) in [5.74, 6) is -0.406. The Bertz CT molecular complexity index is 536. The number of rotatable bonds is 7. The molecule has 2 amide bonds. The molecule has 1 aliphatic rings. The van der Waals surface area contributed by atoms with E-state index in [0.29, 0.717) is 25.9 Å². The summed E-state index contributed by atoms with van der Waals surface area (Å²) in [5, 5.41) is 0. The Morgan fingerprint density at radius 3 is 2.39 bits per heavy atom. The van der Waals surface area contributed by atoms with Gasteiger partial charge in [-0.25, -0.2) is 0 Å². The van der Waals surface area contributed by atoms with E-state index in [1.807, 2.05) is 24.3 Å². The van der Waals surface area contributed by atoms with Crippen molar-refractivity contribution in [3.63, 3.8) is 0 Å². The maximum absolute atomic E-state index is 12.4. The van der Waals surface area contributed by atoms with Crippen LogP contribution in [0, 0.1) is 0 Å². The fraction of sp³-hybridized carbons (Fsp3) is 0.529. The van der Waals surface area contributed by atoms with Gasteiger partial charge in [-0.15, -0.1) is 12.4 Å². The molecule has 0 spiro atoms. The third-order valence-corrected chi connectivity index (χ3v) is 4.24. The number of fused-ring (bicyclic) bond motifs is 1. The van der Waals surface area contributed by atoms with Crippen LogP contribution in [-0.4, -0.2) is 29.3 Å². The SMILES string of the molecule is Cl.NCCCCCCC(=O)N1Cc2ccccc2CC1C(N)=O. The Morgan fingerprint density at radius 2 is 1.74 bits per heavy atom. The van der Waals surface area contributed by atoms with Gasteiger partial charge >= 0.3 is 0 Å². The van der Waals surface area contributed by atoms with Crippen LogP contribution in [0.1, 0.15) is 43.2 Å². The fourth-order valence-corrected chi connectivity index (χ4v) is 2.96. The first-order valence-electron chi connectivity index (χ1n) is 7.99. The highest BCUT2D eigenvalue weighted by Crippen LogP contribution is 2.24. The van der Waals surface area contributed by atoms with Gasteiger partial charge in [0.1, 0.15) is 6.04 Å². The Morgan fingerprint density at radius 1 is 1.09 bits per heavy atom. The third kappa shape index (κ3) is 5.22. The summed E-state index contributed by atoms with van der Waals surface area (Å²) in [6.07, 6.45) is 4.86. The number of nitrogens with zero attached hydrogens (tertiary/aromatic N) is 1. The van der Waals surface area contributed by atoms with Gasteiger partial charge in [0.2, 0.25) is 11.8 Å². The number of benzene rings is 1. The molecule has 1 aromatic rings. The molecule has 6 heteroatoms. The topological polar surface area (TPSA) is 89.4 Å². The van der Waals surface area contributed by atoms with Crippen molar-refractivity contribution in [3.8, 4) is 0 Å². The number of hydrogen-bond donors (Lipinski definition) is 2. The molecule has 1 unspecified atom stereocenters. The second-order valence-electron chi connectivity index (χ2n) is 5.87. The van der Waals surface area contributed by atoms with Crippen LogP contribution in [0.15, 0.2) is 24.3 Å². The molecule has 1 heterocycles. The van der Waals surface area contributed by atoms with Crippen molar-refractivity contribution in [3.05, 3.63) is 35.4 Å². The van der Waals surface area contributed by atoms with Gasteiger partial charge < -0.3 is 16.4 Å². The third-order valence-electron chi connectivity index (χ3n) is 4.24. The summed E-state index contributed by atoms with van der Waals surface area (Å²) < 4.78 is 0. The lowest BCUT2D eigenvalue weighted by Gasteiger charge is -2.35. The minimum absolute atomic E-state index is 0. The summed E-state index contributed by atoms with van der Waals surface area (Å²) in [4.78, 5) is 25.8. The van der Waals surface area contributed by atoms with Crippen molar-refractivity contribution >= 4 is 24.2 Å². The first-order valence-corrected chi connectivity index (χ1v) is 7.99. The van der Waals surface area contributed by atoms with E-state index in [2.05, 4.69) is 0 Å². The van der Waals surface area contributed by atoms with Crippen LogP contribution >= 0.6 is 12.4 Å². The molecule has 0 saturated heterocycles. The lowest BCUT2D eigenvalue weighted by atomic mass is 9.93. The van der Waals surface area contributed by atoms with Gasteiger partial charge in [0.15, 0.2) is 0 Å². The second kappa shape index (κ2) is 9.53. The molecular weight excluding hydrogens is 314 g/mol. The van der Waals surface area contributed by atoms with Gasteiger partial charge in [-0.2, -0.15) is 0 Å². The minimum atomic E-state index is -0.522. The molecule has 0 saturated carbocycles. The highest BCUT2D eigenvalue weighted by Gasteiger charge is 2.32. The molecule has 23 heavy (non-hydrogen) atoms. The van der Waals surface area contributed by atoms with Crippen LogP contribution in [0.4, 0.5) is 0 Å². The van der Waals surface area contributed by atoms with Gasteiger partial charge in [-0.1, -0.05) is 37.1 Å². The number of carbonyl (C=O) groups is 2. The van der Waals surface area contributed by atoms with Crippen molar-refractivity contribution in [2.24, 2.45) is 11.5 Å². The van der Waals surface area contributed by atoms with E-state index in [4.69, 9.17) is 11.5 Å². The molecule has 0 aliphatic carbocycles. The summed E-state index contributed by atoms with van der Waals surface area (Å²) in [7, 11) is 0. The number of hydrogen-bond acceptors (Lipinski definition) is 3. The van der Waals surface area contributed by atoms with E-state index >= 15 is 0 Å². The van der Waals surface area contributed by atoms with Crippen LogP contribution in [-0.2, 0) is 22.6 Å². The Labute approximate surface area is 143 Å². The zero-order valence-corrected chi connectivity index (χ0v) is 14.2. The van der Waals surface area contributed by atoms with Crippen LogP contribution in [0.3, 0.4) is 0 Å². The molecule has 0 radical (unpaired) electrons. The average Bonchev–Trinajstić information content (AvgIpc) is 2.53. The highest BCUT2D eigenvalue weighted by atomic mass is 35.5. The first-order chi connectivity index (χ1) is 10.6. The molecule has 1 atom stereocenters. The zero-order valence-electron chi connectivity index (χ0n) is 13.4. The van der Waals surface area contributed by atoms with Crippen molar-refractivity contribution < 1.29 is 9.59 Å². The van der Waals surface area contributed by atoms with Crippen LogP contribution in [0.25, 0.3) is 0 Å². The van der Waals surface area contributed by atoms with Crippen molar-refractivity contribution in [1.29, 1.82) is 0 Å². The van der Waals surface area contributed by atoms with E-state index in [1.165, 1.54) is 0 Å². The summed E-state index contributed by atoms with van der Waals surface area (Å²) in [5.41, 5.74) is 13.2. The van der Waals surface area contributed by atoms with E-state index in [-0.39, 0.29) is 18.3 Å². The second-order valence-corrected chi connectivity index (χ2v) is 5.87. The van der Waals surface area contributed by atoms with Crippen LogP contribution < -0.4 is 11.5 Å². The Hall–Kier alpha value is -1.59. The molecule has 2 rings (SSSR count). The molecule has 0 aromatic heterocycles. The van der Waals surface area contributed by atoms with E-state index in [1.54, 1.807) is 4.90 Å². The maximum Gasteiger partial charge on any atom is 0.240 e. The van der Waals surface area contributed by atoms with E-state index in [0.717, 1.165) is 36.8 Å². The molecule has 0 bridgehead atoms. The van der Waals surface area contributed by atoms with Gasteiger partial charge in [-0.3, -0.25) is 9.59 Å². The first kappa shape index (κ1) is 19.5. The Balaban J connectivity index is 0.00000264. The van der Waals surface area contributed by atoms with Crippen LogP contribution in [0.2, 0.25) is 0 Å². The molecular formula is C17H26ClN3O2. The minimum Gasteiger partial charge on any atom is -0.368 e. The number of carbonyl (C=O) groups excluding carboxylic acids is 2. The molecule has 1 aliphatic heterocycles. The van der Waals surface area contributed by atoms with Crippen LogP contribution in [0.5, 0.6) is 0 Å². The van der Waals surface area contributed by atoms with Crippen molar-refractivity contribution in [2.45, 2.75) is 51.1 Å². The number of primary amides is 1. The number of halogens is 1. The van der Waals surface area contributed by atoms with Gasteiger partial charge in [0.05, 0.1) is 0 Å². The summed E-state index contributed by atoms with van der Waals surface area (Å²) in [6, 6.07) is 7.39. The maximum atomic E-state index is 12.4. The van der Waals surface area contributed by atoms with Crippen molar-refractivity contribution in [2.75, 3.05) is 6.54 Å². The van der Waals surface area contributed by atoms with Gasteiger partial charge in [-0.05, 0) is 30.5 Å². The number of nitrogens with two attached hydrogens (primary N) is 2. The predicted octanol–water partition coefficient (Wildman–Crippen LogP) is 1.76. The predicted molar refractivity (Wildman–Crippen MR) is 93.1 cm³/mol. The summed E-state index contributed by atoms with van der Waals surface area (Å²) >= 11 is 0. The summed E-state index contributed by atoms with van der Waals surface area (Å²) in [6.45, 7) is 1.17. The molecule has 128 valence electrons. The van der Waals surface area contributed by atoms with E-state index < -0.39 is 11.9 Å². The lowest BCUT2D eigenvalue weighted by Crippen LogP contribution is -2.51. The lowest BCUT2D eigenvalue weighted by molar-refractivity contribution is -0.140. The monoisotopic (exact) mass is 339 g/mol. The van der Waals surface area contributed by atoms with Gasteiger partial charge in [0.25, 0.3) is 0 Å².